The van der Waals surface area contributed by atoms with Gasteiger partial charge in [0.05, 0.1) is 16.2 Å². The van der Waals surface area contributed by atoms with E-state index >= 15 is 0 Å². The van der Waals surface area contributed by atoms with E-state index in [1.165, 1.54) is 5.94 Å². The predicted octanol–water partition coefficient (Wildman–Crippen LogP) is 2.24. The summed E-state index contributed by atoms with van der Waals surface area (Å²) in [5.74, 6) is -0.621. The van der Waals surface area contributed by atoms with Crippen molar-refractivity contribution in [3.63, 3.8) is 0 Å². The Morgan fingerprint density at radius 3 is 2.30 bits per heavy atom. The molecule has 0 aromatic heterocycles. The average molecular weight is 343 g/mol. The molecule has 1 aromatic rings. The maximum Gasteiger partial charge on any atom is 0.416 e. The minimum Gasteiger partial charge on any atom is -0.478 e. The van der Waals surface area contributed by atoms with E-state index in [4.69, 9.17) is 5.11 Å². The lowest BCUT2D eigenvalue weighted by Crippen LogP contribution is -2.23. The number of carbonyl (C=O) groups is 2. The number of nitrogens with one attached hydrogen (secondary N) is 1. The third kappa shape index (κ3) is 3.64. The maximum atomic E-state index is 12.5. The maximum absolute atomic E-state index is 12.5. The summed E-state index contributed by atoms with van der Waals surface area (Å²) in [6, 6.07) is 3.46. The highest BCUT2D eigenvalue weighted by molar-refractivity contribution is 8.03. The largest absolute Gasteiger partial charge is 0.478 e. The van der Waals surface area contributed by atoms with Crippen LogP contribution in [0.2, 0.25) is 0 Å². The summed E-state index contributed by atoms with van der Waals surface area (Å²) in [5, 5.41) is 11.3. The molecular weight excluding hydrogens is 335 g/mol. The number of aliphatic carboxylic acids is 1. The number of hydrogen-bond donors (Lipinski definition) is 2. The molecule has 1 aliphatic heterocycles. The lowest BCUT2D eigenvalue weighted by atomic mass is 10.1. The Labute approximate surface area is 131 Å². The van der Waals surface area contributed by atoms with Crippen molar-refractivity contribution in [2.45, 2.75) is 6.18 Å². The van der Waals surface area contributed by atoms with Gasteiger partial charge < -0.3 is 10.4 Å². The van der Waals surface area contributed by atoms with Gasteiger partial charge in [-0.3, -0.25) is 4.79 Å². The molecule has 1 heterocycles. The quantitative estimate of drug-likeness (QED) is 0.823. The molecule has 1 amide bonds. The van der Waals surface area contributed by atoms with E-state index in [1.807, 2.05) is 0 Å². The van der Waals surface area contributed by atoms with Gasteiger partial charge in [-0.15, -0.1) is 11.8 Å². The topological polar surface area (TPSA) is 83.5 Å². The van der Waals surface area contributed by atoms with E-state index in [1.54, 1.807) is 0 Å². The number of halogens is 3. The Morgan fingerprint density at radius 1 is 1.22 bits per heavy atom. The molecule has 1 aliphatic rings. The molecule has 0 unspecified atom stereocenters. The second kappa shape index (κ2) is 6.31. The van der Waals surface area contributed by atoms with Crippen LogP contribution in [0.25, 0.3) is 0 Å². The molecule has 0 radical (unpaired) electrons. The van der Waals surface area contributed by atoms with Gasteiger partial charge in [0.25, 0.3) is 5.91 Å². The number of carbonyl (C=O) groups excluding carboxylic acids is 2. The van der Waals surface area contributed by atoms with Crippen LogP contribution in [-0.4, -0.2) is 28.7 Å². The summed E-state index contributed by atoms with van der Waals surface area (Å²) in [6.07, 6.45) is -4.51. The van der Waals surface area contributed by atoms with Crippen LogP contribution in [0.5, 0.6) is 0 Å². The second-order valence-corrected chi connectivity index (χ2v) is 5.39. The van der Waals surface area contributed by atoms with Crippen molar-refractivity contribution in [1.82, 2.24) is 5.32 Å². The highest BCUT2D eigenvalue weighted by Gasteiger charge is 2.31. The Morgan fingerprint density at radius 2 is 1.83 bits per heavy atom. The average Bonchev–Trinajstić information content (AvgIpc) is 2.89. The van der Waals surface area contributed by atoms with Crippen molar-refractivity contribution in [2.24, 2.45) is 0 Å². The van der Waals surface area contributed by atoms with Crippen LogP contribution in [0.15, 0.2) is 40.4 Å². The molecule has 2 rings (SSSR count). The van der Waals surface area contributed by atoms with E-state index in [-0.39, 0.29) is 27.5 Å². The lowest BCUT2D eigenvalue weighted by molar-refractivity contribution is -0.137. The van der Waals surface area contributed by atoms with Gasteiger partial charge in [0, 0.05) is 11.3 Å². The van der Waals surface area contributed by atoms with Gasteiger partial charge in [-0.2, -0.15) is 13.2 Å². The van der Waals surface area contributed by atoms with Crippen LogP contribution in [0, 0.1) is 0 Å². The number of benzene rings is 1. The van der Waals surface area contributed by atoms with E-state index < -0.39 is 23.6 Å². The third-order valence-electron chi connectivity index (χ3n) is 2.93. The van der Waals surface area contributed by atoms with Crippen molar-refractivity contribution in [3.8, 4) is 0 Å². The standard InChI is InChI=1S/C14H8F3NO4S/c15-14(16,17)9-3-1-7(2-4-9)11(20)18-12-10(13(21)22)8(5-19)6-23-12/h1-4H,6H2,(H,18,20)(H,21,22). The van der Waals surface area contributed by atoms with Gasteiger partial charge in [0.15, 0.2) is 0 Å². The number of alkyl halides is 3. The van der Waals surface area contributed by atoms with Crippen LogP contribution in [0.1, 0.15) is 15.9 Å². The highest BCUT2D eigenvalue weighted by atomic mass is 32.2. The van der Waals surface area contributed by atoms with Gasteiger partial charge >= 0.3 is 12.1 Å². The Balaban J connectivity index is 2.24. The first-order valence-corrected chi connectivity index (χ1v) is 7.06. The normalized spacial score (nSPS) is 14.7. The van der Waals surface area contributed by atoms with Gasteiger partial charge in [0.1, 0.15) is 11.5 Å². The fraction of sp³-hybridized carbons (Fsp3) is 0.143. The van der Waals surface area contributed by atoms with E-state index in [2.05, 4.69) is 5.32 Å². The van der Waals surface area contributed by atoms with Crippen molar-refractivity contribution in [3.05, 3.63) is 51.6 Å². The van der Waals surface area contributed by atoms with Crippen LogP contribution < -0.4 is 5.32 Å². The SMILES string of the molecule is O=C=C1CSC(NC(=O)c2ccc(C(F)(F)F)cc2)=C1C(=O)O. The summed E-state index contributed by atoms with van der Waals surface area (Å²) >= 11 is 0.929. The number of thioether (sulfide) groups is 1. The summed E-state index contributed by atoms with van der Waals surface area (Å²) in [7, 11) is 0. The van der Waals surface area contributed by atoms with Crippen molar-refractivity contribution >= 4 is 29.6 Å². The van der Waals surface area contributed by atoms with Gasteiger partial charge in [-0.25, -0.2) is 9.59 Å². The van der Waals surface area contributed by atoms with Crippen LogP contribution in [-0.2, 0) is 15.8 Å². The fourth-order valence-electron chi connectivity index (χ4n) is 1.82. The molecule has 0 spiro atoms. The van der Waals surface area contributed by atoms with E-state index in [0.717, 1.165) is 36.0 Å². The number of carboxylic acids is 1. The molecule has 0 bridgehead atoms. The molecule has 0 saturated heterocycles. The summed E-state index contributed by atoms with van der Waals surface area (Å²) in [4.78, 5) is 33.8. The molecule has 0 fully saturated rings. The minimum absolute atomic E-state index is 0.0410. The van der Waals surface area contributed by atoms with Crippen LogP contribution in [0.3, 0.4) is 0 Å². The van der Waals surface area contributed by atoms with E-state index in [9.17, 15) is 27.6 Å². The van der Waals surface area contributed by atoms with Gasteiger partial charge in [-0.1, -0.05) is 0 Å². The zero-order valence-corrected chi connectivity index (χ0v) is 12.0. The number of rotatable bonds is 3. The monoisotopic (exact) mass is 343 g/mol. The first-order valence-electron chi connectivity index (χ1n) is 6.07. The minimum atomic E-state index is -4.51. The number of carboxylic acid groups (broad SMARTS) is 1. The Kier molecular flexibility index (Phi) is 4.63. The lowest BCUT2D eigenvalue weighted by Gasteiger charge is -2.09. The first-order chi connectivity index (χ1) is 10.7. The van der Waals surface area contributed by atoms with Crippen LogP contribution in [0.4, 0.5) is 13.2 Å². The molecule has 2 N–H and O–H groups in total. The van der Waals surface area contributed by atoms with Crippen molar-refractivity contribution in [1.29, 1.82) is 0 Å². The third-order valence-corrected chi connectivity index (χ3v) is 3.96. The summed E-state index contributed by atoms with van der Waals surface area (Å²) < 4.78 is 37.4. The molecule has 5 nitrogen and oxygen atoms in total. The smallest absolute Gasteiger partial charge is 0.416 e. The second-order valence-electron chi connectivity index (χ2n) is 4.41. The van der Waals surface area contributed by atoms with Crippen molar-refractivity contribution < 1.29 is 32.7 Å². The first kappa shape index (κ1) is 16.9. The zero-order valence-electron chi connectivity index (χ0n) is 11.2. The Hall–Kier alpha value is -2.51. The Bertz CT molecular complexity index is 746. The van der Waals surface area contributed by atoms with Gasteiger partial charge in [0.2, 0.25) is 0 Å². The highest BCUT2D eigenvalue weighted by Crippen LogP contribution is 2.33. The molecule has 9 heteroatoms. The molecule has 0 atom stereocenters. The fourth-order valence-corrected chi connectivity index (χ4v) is 2.83. The summed E-state index contributed by atoms with van der Waals surface area (Å²) in [5.41, 5.74) is -1.42. The molecule has 0 aliphatic carbocycles. The zero-order chi connectivity index (χ0) is 17.2. The molecule has 23 heavy (non-hydrogen) atoms. The van der Waals surface area contributed by atoms with Crippen molar-refractivity contribution in [2.75, 3.05) is 5.75 Å². The molecule has 120 valence electrons. The molecule has 0 saturated carbocycles. The number of amides is 1. The van der Waals surface area contributed by atoms with Gasteiger partial charge in [-0.05, 0) is 24.3 Å². The van der Waals surface area contributed by atoms with E-state index in [0.29, 0.717) is 0 Å². The van der Waals surface area contributed by atoms with Crippen LogP contribution >= 0.6 is 11.8 Å². The number of hydrogen-bond acceptors (Lipinski definition) is 4. The summed E-state index contributed by atoms with van der Waals surface area (Å²) in [6.45, 7) is 0. The molecule has 1 aromatic carbocycles. The predicted molar refractivity (Wildman–Crippen MR) is 75.2 cm³/mol. The molecular formula is C14H8F3NO4S.